The van der Waals surface area contributed by atoms with Crippen LogP contribution >= 0.6 is 11.6 Å². The van der Waals surface area contributed by atoms with Crippen molar-refractivity contribution in [1.82, 2.24) is 5.32 Å². The predicted octanol–water partition coefficient (Wildman–Crippen LogP) is 2.96. The molecule has 1 rings (SSSR count). The summed E-state index contributed by atoms with van der Waals surface area (Å²) in [5.74, 6) is -1.10. The first-order chi connectivity index (χ1) is 9.20. The van der Waals surface area contributed by atoms with Gasteiger partial charge in [-0.2, -0.15) is 13.2 Å². The number of hydrogen-bond acceptors (Lipinski definition) is 2. The van der Waals surface area contributed by atoms with E-state index in [1.54, 1.807) is 0 Å². The first-order valence-electron chi connectivity index (χ1n) is 5.33. The Morgan fingerprint density at radius 1 is 1.30 bits per heavy atom. The molecular formula is C11H10ClF3N2O3. The summed E-state index contributed by atoms with van der Waals surface area (Å²) in [5.41, 5.74) is -1.17. The maximum atomic E-state index is 12.6. The van der Waals surface area contributed by atoms with Gasteiger partial charge in [-0.3, -0.25) is 4.79 Å². The van der Waals surface area contributed by atoms with Gasteiger partial charge in [0, 0.05) is 12.2 Å². The molecule has 5 nitrogen and oxygen atoms in total. The molecule has 1 aromatic carbocycles. The summed E-state index contributed by atoms with van der Waals surface area (Å²) in [6, 6.07) is 2.10. The zero-order valence-electron chi connectivity index (χ0n) is 9.92. The van der Waals surface area contributed by atoms with Gasteiger partial charge in [-0.1, -0.05) is 11.6 Å². The fourth-order valence-corrected chi connectivity index (χ4v) is 1.50. The molecule has 3 N–H and O–H groups in total. The number of carbonyl (C=O) groups is 2. The predicted molar refractivity (Wildman–Crippen MR) is 65.7 cm³/mol. The minimum atomic E-state index is -4.63. The molecule has 2 amide bonds. The van der Waals surface area contributed by atoms with Crippen LogP contribution in [-0.2, 0) is 11.0 Å². The molecule has 0 bridgehead atoms. The molecule has 0 aliphatic rings. The lowest BCUT2D eigenvalue weighted by atomic mass is 10.2. The van der Waals surface area contributed by atoms with Crippen molar-refractivity contribution in [2.75, 3.05) is 11.9 Å². The number of carboxylic acid groups (broad SMARTS) is 1. The van der Waals surface area contributed by atoms with E-state index in [1.807, 2.05) is 0 Å². The van der Waals surface area contributed by atoms with Gasteiger partial charge in [0.05, 0.1) is 17.0 Å². The maximum absolute atomic E-state index is 12.6. The third-order valence-corrected chi connectivity index (χ3v) is 2.48. The quantitative estimate of drug-likeness (QED) is 0.800. The van der Waals surface area contributed by atoms with Crippen molar-refractivity contribution in [2.24, 2.45) is 0 Å². The smallest absolute Gasteiger partial charge is 0.417 e. The fraction of sp³-hybridized carbons (Fsp3) is 0.273. The minimum absolute atomic E-state index is 0.102. The summed E-state index contributed by atoms with van der Waals surface area (Å²) in [5, 5.41) is 12.2. The van der Waals surface area contributed by atoms with Crippen molar-refractivity contribution in [1.29, 1.82) is 0 Å². The second-order valence-corrected chi connectivity index (χ2v) is 4.12. The summed E-state index contributed by atoms with van der Waals surface area (Å²) in [7, 11) is 0. The van der Waals surface area contributed by atoms with E-state index in [2.05, 4.69) is 10.6 Å². The first-order valence-corrected chi connectivity index (χ1v) is 5.71. The second kappa shape index (κ2) is 6.47. The van der Waals surface area contributed by atoms with E-state index < -0.39 is 28.8 Å². The fourth-order valence-electron chi connectivity index (χ4n) is 1.28. The molecular weight excluding hydrogens is 301 g/mol. The highest BCUT2D eigenvalue weighted by Gasteiger charge is 2.33. The van der Waals surface area contributed by atoms with Gasteiger partial charge >= 0.3 is 18.2 Å². The van der Waals surface area contributed by atoms with Gasteiger partial charge < -0.3 is 15.7 Å². The highest BCUT2D eigenvalue weighted by atomic mass is 35.5. The zero-order valence-corrected chi connectivity index (χ0v) is 10.7. The van der Waals surface area contributed by atoms with E-state index in [-0.39, 0.29) is 18.7 Å². The van der Waals surface area contributed by atoms with Crippen LogP contribution in [0.15, 0.2) is 18.2 Å². The van der Waals surface area contributed by atoms with E-state index >= 15 is 0 Å². The largest absolute Gasteiger partial charge is 0.481 e. The van der Waals surface area contributed by atoms with Crippen LogP contribution in [0.4, 0.5) is 23.7 Å². The molecule has 20 heavy (non-hydrogen) atoms. The number of carboxylic acids is 1. The summed E-state index contributed by atoms with van der Waals surface area (Å²) in [6.45, 7) is -0.138. The molecule has 0 aliphatic carbocycles. The topological polar surface area (TPSA) is 78.4 Å². The minimum Gasteiger partial charge on any atom is -0.481 e. The molecule has 0 unspecified atom stereocenters. The monoisotopic (exact) mass is 310 g/mol. The molecule has 0 heterocycles. The number of anilines is 1. The normalized spacial score (nSPS) is 11.0. The number of alkyl halides is 3. The van der Waals surface area contributed by atoms with Gasteiger partial charge in [-0.05, 0) is 18.2 Å². The van der Waals surface area contributed by atoms with E-state index in [1.165, 1.54) is 6.07 Å². The van der Waals surface area contributed by atoms with Gasteiger partial charge in [0.1, 0.15) is 0 Å². The van der Waals surface area contributed by atoms with Crippen LogP contribution in [0.25, 0.3) is 0 Å². The molecule has 0 radical (unpaired) electrons. The number of aliphatic carboxylic acids is 1. The second-order valence-electron chi connectivity index (χ2n) is 3.72. The molecule has 0 fully saturated rings. The lowest BCUT2D eigenvalue weighted by Gasteiger charge is -2.12. The standard InChI is InChI=1S/C11H10ClF3N2O3/c12-8-2-1-6(5-7(8)11(13,14)15)17-10(20)16-4-3-9(18)19/h1-2,5H,3-4H2,(H,18,19)(H2,16,17,20). The van der Waals surface area contributed by atoms with Crippen molar-refractivity contribution >= 4 is 29.3 Å². The molecule has 110 valence electrons. The van der Waals surface area contributed by atoms with Crippen LogP contribution in [-0.4, -0.2) is 23.7 Å². The Kier molecular flexibility index (Phi) is 5.20. The van der Waals surface area contributed by atoms with E-state index in [0.717, 1.165) is 6.07 Å². The van der Waals surface area contributed by atoms with Gasteiger partial charge in [0.2, 0.25) is 0 Å². The molecule has 0 spiro atoms. The maximum Gasteiger partial charge on any atom is 0.417 e. The Morgan fingerprint density at radius 2 is 1.95 bits per heavy atom. The number of rotatable bonds is 4. The molecule has 0 saturated heterocycles. The lowest BCUT2D eigenvalue weighted by Crippen LogP contribution is -2.30. The molecule has 0 atom stereocenters. The highest BCUT2D eigenvalue weighted by molar-refractivity contribution is 6.31. The van der Waals surface area contributed by atoms with Gasteiger partial charge in [0.15, 0.2) is 0 Å². The zero-order chi connectivity index (χ0) is 15.3. The number of amides is 2. The SMILES string of the molecule is O=C(O)CCNC(=O)Nc1ccc(Cl)c(C(F)(F)F)c1. The third kappa shape index (κ3) is 4.96. The Morgan fingerprint density at radius 3 is 2.50 bits per heavy atom. The highest BCUT2D eigenvalue weighted by Crippen LogP contribution is 2.36. The number of hydrogen-bond donors (Lipinski definition) is 3. The average molecular weight is 311 g/mol. The Bertz CT molecular complexity index is 520. The summed E-state index contributed by atoms with van der Waals surface area (Å²) < 4.78 is 37.7. The summed E-state index contributed by atoms with van der Waals surface area (Å²) >= 11 is 5.42. The molecule has 0 aliphatic heterocycles. The third-order valence-electron chi connectivity index (χ3n) is 2.15. The summed E-state index contributed by atoms with van der Waals surface area (Å²) in [6.07, 6.45) is -4.92. The van der Waals surface area contributed by atoms with Gasteiger partial charge in [-0.15, -0.1) is 0 Å². The van der Waals surface area contributed by atoms with Gasteiger partial charge in [-0.25, -0.2) is 4.79 Å². The van der Waals surface area contributed by atoms with E-state index in [4.69, 9.17) is 16.7 Å². The number of urea groups is 1. The Balaban J connectivity index is 2.69. The molecule has 0 saturated carbocycles. The van der Waals surface area contributed by atoms with Crippen molar-refractivity contribution in [3.63, 3.8) is 0 Å². The van der Waals surface area contributed by atoms with Crippen LogP contribution in [0.2, 0.25) is 5.02 Å². The molecule has 0 aromatic heterocycles. The number of halogens is 4. The van der Waals surface area contributed by atoms with Crippen molar-refractivity contribution in [3.8, 4) is 0 Å². The van der Waals surface area contributed by atoms with Crippen LogP contribution in [0.1, 0.15) is 12.0 Å². The molecule has 9 heteroatoms. The molecule has 1 aromatic rings. The van der Waals surface area contributed by atoms with Crippen molar-refractivity contribution < 1.29 is 27.9 Å². The van der Waals surface area contributed by atoms with E-state index in [9.17, 15) is 22.8 Å². The average Bonchev–Trinajstić information content (AvgIpc) is 2.29. The van der Waals surface area contributed by atoms with Crippen molar-refractivity contribution in [3.05, 3.63) is 28.8 Å². The Labute approximate surface area is 116 Å². The first kappa shape index (κ1) is 16.1. The number of carbonyl (C=O) groups excluding carboxylic acids is 1. The van der Waals surface area contributed by atoms with Gasteiger partial charge in [0.25, 0.3) is 0 Å². The number of nitrogens with one attached hydrogen (secondary N) is 2. The number of benzene rings is 1. The van der Waals surface area contributed by atoms with Crippen molar-refractivity contribution in [2.45, 2.75) is 12.6 Å². The van der Waals surface area contributed by atoms with E-state index in [0.29, 0.717) is 6.07 Å². The summed E-state index contributed by atoms with van der Waals surface area (Å²) in [4.78, 5) is 21.5. The van der Waals surface area contributed by atoms with Crippen LogP contribution in [0, 0.1) is 0 Å². The lowest BCUT2D eigenvalue weighted by molar-refractivity contribution is -0.138. The van der Waals surface area contributed by atoms with Crippen LogP contribution < -0.4 is 10.6 Å². The Hall–Kier alpha value is -1.96. The van der Waals surface area contributed by atoms with Crippen LogP contribution in [0.3, 0.4) is 0 Å². The van der Waals surface area contributed by atoms with Crippen LogP contribution in [0.5, 0.6) is 0 Å².